The summed E-state index contributed by atoms with van der Waals surface area (Å²) in [6.07, 6.45) is 2.31. The number of hydrogen-bond donors (Lipinski definition) is 1. The van der Waals surface area contributed by atoms with E-state index < -0.39 is 11.9 Å². The molecule has 2 aliphatic heterocycles. The minimum Gasteiger partial charge on any atom is -0.481 e. The molecule has 2 aliphatic rings. The van der Waals surface area contributed by atoms with E-state index in [2.05, 4.69) is 20.6 Å². The second-order valence-electron chi connectivity index (χ2n) is 7.36. The number of nitrogens with zero attached hydrogens (tertiary/aromatic N) is 5. The first-order valence-electron chi connectivity index (χ1n) is 9.75. The van der Waals surface area contributed by atoms with Crippen molar-refractivity contribution in [1.82, 2.24) is 30.2 Å². The van der Waals surface area contributed by atoms with Crippen LogP contribution in [-0.4, -0.2) is 55.8 Å². The maximum absolute atomic E-state index is 12.8. The number of aromatic nitrogens is 4. The molecule has 0 spiro atoms. The Balaban J connectivity index is 1.40. The van der Waals surface area contributed by atoms with Crippen molar-refractivity contribution in [3.05, 3.63) is 53.7 Å². The van der Waals surface area contributed by atoms with Crippen LogP contribution in [0.3, 0.4) is 0 Å². The summed E-state index contributed by atoms with van der Waals surface area (Å²) in [6.45, 7) is 0.305. The van der Waals surface area contributed by atoms with Gasteiger partial charge in [-0.2, -0.15) is 4.98 Å². The zero-order valence-corrected chi connectivity index (χ0v) is 16.6. The molecule has 0 radical (unpaired) electrons. The number of pyridine rings is 1. The van der Waals surface area contributed by atoms with Gasteiger partial charge in [-0.3, -0.25) is 19.7 Å². The second-order valence-corrected chi connectivity index (χ2v) is 7.36. The van der Waals surface area contributed by atoms with Gasteiger partial charge < -0.3 is 9.64 Å². The molecule has 1 aromatic carbocycles. The number of piperidine rings is 1. The molecule has 1 atom stereocenters. The second kappa shape index (κ2) is 7.31. The minimum atomic E-state index is -0.638. The number of carbonyl (C=O) groups excluding carboxylic acids is 3. The maximum Gasteiger partial charge on any atom is 0.255 e. The molecular formula is C21H18N6O4. The van der Waals surface area contributed by atoms with Crippen LogP contribution in [-0.2, 0) is 16.1 Å². The molecule has 156 valence electrons. The quantitative estimate of drug-likeness (QED) is 0.630. The van der Waals surface area contributed by atoms with E-state index >= 15 is 0 Å². The lowest BCUT2D eigenvalue weighted by Gasteiger charge is -2.29. The number of hydrogen-bond acceptors (Lipinski definition) is 7. The van der Waals surface area contributed by atoms with Crippen LogP contribution in [0.4, 0.5) is 0 Å². The summed E-state index contributed by atoms with van der Waals surface area (Å²) < 4.78 is 6.69. The van der Waals surface area contributed by atoms with Crippen molar-refractivity contribution in [3.63, 3.8) is 0 Å². The molecule has 31 heavy (non-hydrogen) atoms. The third kappa shape index (κ3) is 3.31. The van der Waals surface area contributed by atoms with Gasteiger partial charge in [-0.1, -0.05) is 17.3 Å². The highest BCUT2D eigenvalue weighted by atomic mass is 16.5. The van der Waals surface area contributed by atoms with Gasteiger partial charge in [0.1, 0.15) is 11.7 Å². The van der Waals surface area contributed by atoms with Crippen molar-refractivity contribution in [1.29, 1.82) is 0 Å². The van der Waals surface area contributed by atoms with E-state index in [4.69, 9.17) is 4.74 Å². The summed E-state index contributed by atoms with van der Waals surface area (Å²) in [4.78, 5) is 42.3. The van der Waals surface area contributed by atoms with Crippen LogP contribution in [0.1, 0.15) is 28.8 Å². The molecular weight excluding hydrogens is 400 g/mol. The van der Waals surface area contributed by atoms with Crippen LogP contribution >= 0.6 is 0 Å². The average Bonchev–Trinajstić information content (AvgIpc) is 3.39. The first-order valence-corrected chi connectivity index (χ1v) is 9.75. The Kier molecular flexibility index (Phi) is 4.46. The van der Waals surface area contributed by atoms with E-state index in [9.17, 15) is 14.4 Å². The molecule has 0 saturated carbocycles. The number of benzene rings is 1. The minimum absolute atomic E-state index is 0.208. The van der Waals surface area contributed by atoms with E-state index in [0.29, 0.717) is 35.9 Å². The molecule has 10 nitrogen and oxygen atoms in total. The van der Waals surface area contributed by atoms with Crippen LogP contribution in [0, 0.1) is 0 Å². The Labute approximate surface area is 176 Å². The molecule has 3 amide bonds. The van der Waals surface area contributed by atoms with Crippen molar-refractivity contribution in [3.8, 4) is 23.0 Å². The summed E-state index contributed by atoms with van der Waals surface area (Å²) in [5.74, 6) is 0.102. The number of nitrogens with one attached hydrogen (secondary N) is 1. The summed E-state index contributed by atoms with van der Waals surface area (Å²) >= 11 is 0. The molecule has 2 aromatic heterocycles. The number of carbonyl (C=O) groups is 3. The predicted octanol–water partition coefficient (Wildman–Crippen LogP) is 1.10. The van der Waals surface area contributed by atoms with Crippen molar-refractivity contribution in [2.24, 2.45) is 0 Å². The SMILES string of the molecule is COc1cccc(-n2cc(-c3ccc4c(c3)CN(C3CCC(=O)NC3=O)C4=O)nn2)n1. The summed E-state index contributed by atoms with van der Waals surface area (Å²) in [7, 11) is 1.54. The maximum atomic E-state index is 12.8. The molecule has 0 bridgehead atoms. The number of rotatable bonds is 4. The zero-order valence-electron chi connectivity index (χ0n) is 16.6. The summed E-state index contributed by atoms with van der Waals surface area (Å²) in [5, 5.41) is 10.7. The highest BCUT2D eigenvalue weighted by molar-refractivity contribution is 6.05. The zero-order chi connectivity index (χ0) is 21.5. The van der Waals surface area contributed by atoms with Gasteiger partial charge in [0, 0.05) is 30.2 Å². The third-order valence-electron chi connectivity index (χ3n) is 5.47. The fraction of sp³-hybridized carbons (Fsp3) is 0.238. The molecule has 10 heteroatoms. The number of imide groups is 1. The van der Waals surface area contributed by atoms with Crippen LogP contribution in [0.25, 0.3) is 17.1 Å². The van der Waals surface area contributed by atoms with E-state index in [-0.39, 0.29) is 18.2 Å². The molecule has 1 fully saturated rings. The molecule has 5 rings (SSSR count). The first-order chi connectivity index (χ1) is 15.0. The Hall–Kier alpha value is -4.08. The molecule has 4 heterocycles. The first kappa shape index (κ1) is 18.9. The van der Waals surface area contributed by atoms with Gasteiger partial charge in [0.15, 0.2) is 5.82 Å². The van der Waals surface area contributed by atoms with Crippen molar-refractivity contribution < 1.29 is 19.1 Å². The Bertz CT molecular complexity index is 1220. The highest BCUT2D eigenvalue weighted by Crippen LogP contribution is 2.30. The van der Waals surface area contributed by atoms with E-state index in [0.717, 1.165) is 11.1 Å². The average molecular weight is 418 g/mol. The van der Waals surface area contributed by atoms with E-state index in [1.807, 2.05) is 12.1 Å². The summed E-state index contributed by atoms with van der Waals surface area (Å²) in [5.41, 5.74) is 2.78. The number of methoxy groups -OCH3 is 1. The Morgan fingerprint density at radius 3 is 2.84 bits per heavy atom. The van der Waals surface area contributed by atoms with Gasteiger partial charge in [-0.15, -0.1) is 5.10 Å². The van der Waals surface area contributed by atoms with E-state index in [1.165, 1.54) is 4.90 Å². The van der Waals surface area contributed by atoms with Gasteiger partial charge in [0.05, 0.1) is 13.3 Å². The van der Waals surface area contributed by atoms with Gasteiger partial charge >= 0.3 is 0 Å². The molecule has 1 saturated heterocycles. The number of ether oxygens (including phenoxy) is 1. The molecule has 1 N–H and O–H groups in total. The predicted molar refractivity (Wildman–Crippen MR) is 107 cm³/mol. The van der Waals surface area contributed by atoms with E-state index in [1.54, 1.807) is 42.3 Å². The van der Waals surface area contributed by atoms with Gasteiger partial charge in [0.2, 0.25) is 17.7 Å². The lowest BCUT2D eigenvalue weighted by molar-refractivity contribution is -0.136. The highest BCUT2D eigenvalue weighted by Gasteiger charge is 2.39. The lowest BCUT2D eigenvalue weighted by Crippen LogP contribution is -2.52. The number of amides is 3. The van der Waals surface area contributed by atoms with Gasteiger partial charge in [-0.05, 0) is 30.2 Å². The van der Waals surface area contributed by atoms with Crippen LogP contribution in [0.2, 0.25) is 0 Å². The molecule has 3 aromatic rings. The van der Waals surface area contributed by atoms with Crippen molar-refractivity contribution in [2.45, 2.75) is 25.4 Å². The fourth-order valence-corrected chi connectivity index (χ4v) is 3.89. The topological polar surface area (TPSA) is 119 Å². The molecule has 1 unspecified atom stereocenters. The van der Waals surface area contributed by atoms with Crippen LogP contribution < -0.4 is 10.1 Å². The van der Waals surface area contributed by atoms with Gasteiger partial charge in [0.25, 0.3) is 5.91 Å². The smallest absolute Gasteiger partial charge is 0.255 e. The monoisotopic (exact) mass is 418 g/mol. The Morgan fingerprint density at radius 2 is 2.03 bits per heavy atom. The molecule has 0 aliphatic carbocycles. The van der Waals surface area contributed by atoms with Crippen molar-refractivity contribution in [2.75, 3.05) is 7.11 Å². The number of fused-ring (bicyclic) bond motifs is 1. The van der Waals surface area contributed by atoms with Crippen LogP contribution in [0.5, 0.6) is 5.88 Å². The lowest BCUT2D eigenvalue weighted by atomic mass is 10.0. The normalized spacial score (nSPS) is 18.2. The van der Waals surface area contributed by atoms with Crippen molar-refractivity contribution >= 4 is 17.7 Å². The largest absolute Gasteiger partial charge is 0.481 e. The van der Waals surface area contributed by atoms with Gasteiger partial charge in [-0.25, -0.2) is 4.68 Å². The summed E-state index contributed by atoms with van der Waals surface area (Å²) in [6, 6.07) is 10.1. The standard InChI is InChI=1S/C21H18N6O4/c1-31-19-4-2-3-17(22-19)27-11-15(24-25-27)12-5-6-14-13(9-12)10-26(21(14)30)16-7-8-18(28)23-20(16)29/h2-6,9,11,16H,7-8,10H2,1H3,(H,23,28,29). The third-order valence-corrected chi connectivity index (χ3v) is 5.47. The van der Waals surface area contributed by atoms with Crippen LogP contribution in [0.15, 0.2) is 42.6 Å². The Morgan fingerprint density at radius 1 is 1.16 bits per heavy atom. The fourth-order valence-electron chi connectivity index (χ4n) is 3.89.